The molecule has 0 unspecified atom stereocenters. The third kappa shape index (κ3) is 5.19. The molecule has 2 nitrogen and oxygen atoms in total. The lowest BCUT2D eigenvalue weighted by molar-refractivity contribution is -0.128. The van der Waals surface area contributed by atoms with Crippen LogP contribution in [0.15, 0.2) is 33.6 Å². The van der Waals surface area contributed by atoms with E-state index in [1.807, 2.05) is 17.0 Å². The summed E-state index contributed by atoms with van der Waals surface area (Å²) in [6, 6.07) is 8.14. The SMILES string of the molecule is O=C(CSc1ccc(Br)cc1)N1CCCCCCC1. The van der Waals surface area contributed by atoms with Gasteiger partial charge in [0.05, 0.1) is 5.75 Å². The Kier molecular flexibility index (Phi) is 6.24. The Bertz CT molecular complexity index is 399. The van der Waals surface area contributed by atoms with Crippen LogP contribution in [0.4, 0.5) is 0 Å². The zero-order chi connectivity index (χ0) is 13.5. The van der Waals surface area contributed by atoms with Gasteiger partial charge in [-0.1, -0.05) is 35.2 Å². The van der Waals surface area contributed by atoms with Gasteiger partial charge in [0.1, 0.15) is 0 Å². The van der Waals surface area contributed by atoms with Gasteiger partial charge in [-0.15, -0.1) is 11.8 Å². The standard InChI is InChI=1S/C15H20BrNOS/c16-13-6-8-14(9-7-13)19-12-15(18)17-10-4-2-1-3-5-11-17/h6-9H,1-5,10-12H2. The van der Waals surface area contributed by atoms with Gasteiger partial charge in [0, 0.05) is 22.5 Å². The van der Waals surface area contributed by atoms with E-state index in [-0.39, 0.29) is 5.91 Å². The van der Waals surface area contributed by atoms with E-state index in [2.05, 4.69) is 28.1 Å². The van der Waals surface area contributed by atoms with E-state index >= 15 is 0 Å². The summed E-state index contributed by atoms with van der Waals surface area (Å²) in [6.45, 7) is 1.89. The number of halogens is 1. The summed E-state index contributed by atoms with van der Waals surface area (Å²) in [4.78, 5) is 15.4. The molecule has 19 heavy (non-hydrogen) atoms. The Hall–Kier alpha value is -0.480. The van der Waals surface area contributed by atoms with Crippen LogP contribution in [0, 0.1) is 0 Å². The molecule has 0 radical (unpaired) electrons. The van der Waals surface area contributed by atoms with Gasteiger partial charge in [-0.25, -0.2) is 0 Å². The molecule has 0 N–H and O–H groups in total. The van der Waals surface area contributed by atoms with Crippen molar-refractivity contribution in [2.24, 2.45) is 0 Å². The maximum absolute atomic E-state index is 12.2. The van der Waals surface area contributed by atoms with Gasteiger partial charge in [-0.3, -0.25) is 4.79 Å². The molecule has 0 aromatic heterocycles. The summed E-state index contributed by atoms with van der Waals surface area (Å²) in [5.74, 6) is 0.844. The molecule has 1 fully saturated rings. The number of thioether (sulfide) groups is 1. The van der Waals surface area contributed by atoms with E-state index in [0.29, 0.717) is 5.75 Å². The van der Waals surface area contributed by atoms with Crippen LogP contribution in [-0.4, -0.2) is 29.6 Å². The number of hydrogen-bond donors (Lipinski definition) is 0. The molecule has 1 aromatic rings. The van der Waals surface area contributed by atoms with Crippen LogP contribution >= 0.6 is 27.7 Å². The van der Waals surface area contributed by atoms with Gasteiger partial charge >= 0.3 is 0 Å². The molecule has 1 saturated heterocycles. The molecular weight excluding hydrogens is 322 g/mol. The van der Waals surface area contributed by atoms with Crippen LogP contribution in [0.25, 0.3) is 0 Å². The Morgan fingerprint density at radius 3 is 2.26 bits per heavy atom. The van der Waals surface area contributed by atoms with Crippen molar-refractivity contribution in [2.75, 3.05) is 18.8 Å². The Balaban J connectivity index is 1.80. The summed E-state index contributed by atoms with van der Waals surface area (Å²) in [7, 11) is 0. The number of amides is 1. The third-order valence-electron chi connectivity index (χ3n) is 3.38. The third-order valence-corrected chi connectivity index (χ3v) is 4.91. The number of hydrogen-bond acceptors (Lipinski definition) is 2. The van der Waals surface area contributed by atoms with Crippen LogP contribution in [-0.2, 0) is 4.79 Å². The number of carbonyl (C=O) groups is 1. The second kappa shape index (κ2) is 7.95. The summed E-state index contributed by atoms with van der Waals surface area (Å²) in [6.07, 6.45) is 6.19. The van der Waals surface area contributed by atoms with E-state index in [0.717, 1.165) is 35.3 Å². The summed E-state index contributed by atoms with van der Waals surface area (Å²) in [5, 5.41) is 0. The molecule has 0 aliphatic carbocycles. The van der Waals surface area contributed by atoms with Gasteiger partial charge in [0.15, 0.2) is 0 Å². The lowest BCUT2D eigenvalue weighted by atomic mass is 10.1. The molecule has 1 heterocycles. The van der Waals surface area contributed by atoms with Gasteiger partial charge in [0.25, 0.3) is 0 Å². The second-order valence-corrected chi connectivity index (χ2v) is 6.86. The van der Waals surface area contributed by atoms with Crippen molar-refractivity contribution in [3.8, 4) is 0 Å². The first-order valence-corrected chi connectivity index (χ1v) is 8.70. The first-order valence-electron chi connectivity index (χ1n) is 6.92. The van der Waals surface area contributed by atoms with E-state index in [1.54, 1.807) is 11.8 Å². The lowest BCUT2D eigenvalue weighted by Crippen LogP contribution is -2.35. The zero-order valence-corrected chi connectivity index (χ0v) is 13.5. The van der Waals surface area contributed by atoms with E-state index < -0.39 is 0 Å². The summed E-state index contributed by atoms with van der Waals surface area (Å²) >= 11 is 5.05. The fraction of sp³-hybridized carbons (Fsp3) is 0.533. The van der Waals surface area contributed by atoms with Gasteiger partial charge in [-0.2, -0.15) is 0 Å². The first-order chi connectivity index (χ1) is 9.25. The second-order valence-electron chi connectivity index (χ2n) is 4.89. The highest BCUT2D eigenvalue weighted by Gasteiger charge is 2.14. The molecule has 0 atom stereocenters. The average molecular weight is 342 g/mol. The normalized spacial score (nSPS) is 16.8. The molecule has 1 amide bonds. The van der Waals surface area contributed by atoms with Gasteiger partial charge in [-0.05, 0) is 37.1 Å². The fourth-order valence-electron chi connectivity index (χ4n) is 2.26. The largest absolute Gasteiger partial charge is 0.342 e. The van der Waals surface area contributed by atoms with E-state index in [1.165, 1.54) is 19.3 Å². The highest BCUT2D eigenvalue weighted by molar-refractivity contribution is 9.10. The van der Waals surface area contributed by atoms with Crippen molar-refractivity contribution in [1.82, 2.24) is 4.90 Å². The van der Waals surface area contributed by atoms with Crippen molar-refractivity contribution >= 4 is 33.6 Å². The molecule has 0 spiro atoms. The van der Waals surface area contributed by atoms with Crippen molar-refractivity contribution in [2.45, 2.75) is 37.0 Å². The van der Waals surface area contributed by atoms with Crippen LogP contribution in [0.2, 0.25) is 0 Å². The smallest absolute Gasteiger partial charge is 0.232 e. The minimum Gasteiger partial charge on any atom is -0.342 e. The lowest BCUT2D eigenvalue weighted by Gasteiger charge is -2.24. The molecule has 1 aromatic carbocycles. The quantitative estimate of drug-likeness (QED) is 0.762. The Morgan fingerprint density at radius 2 is 1.63 bits per heavy atom. The Labute approximate surface area is 128 Å². The number of carbonyl (C=O) groups excluding carboxylic acids is 1. The molecular formula is C15H20BrNOS. The monoisotopic (exact) mass is 341 g/mol. The maximum atomic E-state index is 12.2. The molecule has 104 valence electrons. The van der Waals surface area contributed by atoms with Crippen LogP contribution in [0.5, 0.6) is 0 Å². The van der Waals surface area contributed by atoms with Crippen molar-refractivity contribution in [3.63, 3.8) is 0 Å². The predicted octanol–water partition coefficient (Wildman–Crippen LogP) is 4.33. The van der Waals surface area contributed by atoms with Crippen molar-refractivity contribution in [3.05, 3.63) is 28.7 Å². The highest BCUT2D eigenvalue weighted by atomic mass is 79.9. The minimum atomic E-state index is 0.287. The number of likely N-dealkylation sites (tertiary alicyclic amines) is 1. The number of nitrogens with zero attached hydrogens (tertiary/aromatic N) is 1. The van der Waals surface area contributed by atoms with Crippen molar-refractivity contribution in [1.29, 1.82) is 0 Å². The van der Waals surface area contributed by atoms with E-state index in [9.17, 15) is 4.79 Å². The molecule has 0 bridgehead atoms. The zero-order valence-electron chi connectivity index (χ0n) is 11.1. The molecule has 1 aliphatic heterocycles. The number of rotatable bonds is 3. The van der Waals surface area contributed by atoms with Crippen molar-refractivity contribution < 1.29 is 4.79 Å². The number of benzene rings is 1. The predicted molar refractivity (Wildman–Crippen MR) is 84.5 cm³/mol. The highest BCUT2D eigenvalue weighted by Crippen LogP contribution is 2.21. The fourth-order valence-corrected chi connectivity index (χ4v) is 3.33. The molecule has 0 saturated carbocycles. The molecule has 1 aliphatic rings. The minimum absolute atomic E-state index is 0.287. The first kappa shape index (κ1) is 14.9. The van der Waals surface area contributed by atoms with E-state index in [4.69, 9.17) is 0 Å². The Morgan fingerprint density at radius 1 is 1.05 bits per heavy atom. The molecule has 2 rings (SSSR count). The molecule has 4 heteroatoms. The van der Waals surface area contributed by atoms with Gasteiger partial charge in [0.2, 0.25) is 5.91 Å². The van der Waals surface area contributed by atoms with Crippen LogP contribution in [0.3, 0.4) is 0 Å². The van der Waals surface area contributed by atoms with Crippen LogP contribution in [0.1, 0.15) is 32.1 Å². The topological polar surface area (TPSA) is 20.3 Å². The average Bonchev–Trinajstić information content (AvgIpc) is 2.37. The summed E-state index contributed by atoms with van der Waals surface area (Å²) in [5.41, 5.74) is 0. The maximum Gasteiger partial charge on any atom is 0.232 e. The van der Waals surface area contributed by atoms with Crippen LogP contribution < -0.4 is 0 Å². The van der Waals surface area contributed by atoms with Gasteiger partial charge < -0.3 is 4.90 Å². The summed E-state index contributed by atoms with van der Waals surface area (Å²) < 4.78 is 1.08.